The zero-order chi connectivity index (χ0) is 28.1. The van der Waals surface area contributed by atoms with Gasteiger partial charge in [0.05, 0.1) is 5.41 Å². The van der Waals surface area contributed by atoms with Gasteiger partial charge in [-0.1, -0.05) is 72.8 Å². The van der Waals surface area contributed by atoms with E-state index in [0.717, 1.165) is 55.6 Å². The van der Waals surface area contributed by atoms with Crippen LogP contribution in [-0.2, 0) is 5.41 Å². The van der Waals surface area contributed by atoms with Gasteiger partial charge in [0, 0.05) is 0 Å². The van der Waals surface area contributed by atoms with Crippen LogP contribution in [0.15, 0.2) is 133 Å². The van der Waals surface area contributed by atoms with Crippen LogP contribution in [0, 0.1) is 11.6 Å². The normalized spacial score (nSPS) is 13.0. The molecule has 0 atom stereocenters. The lowest BCUT2D eigenvalue weighted by Gasteiger charge is -2.34. The van der Waals surface area contributed by atoms with E-state index in [9.17, 15) is 19.0 Å². The standard InChI is InChI=1S/C37H24F2O2/c38-29-11-1-23(2-12-29)25-5-19-33-34-20-6-26(24-3-13-30(39)14-4-24)22-36(34)37(35(33)21-25,27-7-15-31(40)16-8-27)28-9-17-32(41)18-10-28/h1-22,40-41H. The van der Waals surface area contributed by atoms with Crippen LogP contribution in [0.25, 0.3) is 33.4 Å². The summed E-state index contributed by atoms with van der Waals surface area (Å²) in [4.78, 5) is 0. The lowest BCUT2D eigenvalue weighted by molar-refractivity contribution is 0.474. The molecule has 0 bridgehead atoms. The highest BCUT2D eigenvalue weighted by Crippen LogP contribution is 2.57. The van der Waals surface area contributed by atoms with Gasteiger partial charge in [-0.15, -0.1) is 0 Å². The van der Waals surface area contributed by atoms with Crippen molar-refractivity contribution in [1.82, 2.24) is 0 Å². The molecule has 6 aromatic carbocycles. The SMILES string of the molecule is Oc1ccc(C2(c3ccc(O)cc3)c3cc(-c4ccc(F)cc4)ccc3-c3ccc(-c4ccc(F)cc4)cc32)cc1. The molecule has 0 spiro atoms. The number of hydrogen-bond donors (Lipinski definition) is 2. The number of rotatable bonds is 4. The van der Waals surface area contributed by atoms with E-state index in [0.29, 0.717) is 0 Å². The Balaban J connectivity index is 1.57. The van der Waals surface area contributed by atoms with Gasteiger partial charge in [0.1, 0.15) is 23.1 Å². The third-order valence-electron chi connectivity index (χ3n) is 8.09. The lowest BCUT2D eigenvalue weighted by atomic mass is 9.67. The maximum Gasteiger partial charge on any atom is 0.123 e. The first kappa shape index (κ1) is 24.8. The van der Waals surface area contributed by atoms with Gasteiger partial charge in [-0.05, 0) is 116 Å². The molecule has 0 saturated carbocycles. The molecular formula is C37H24F2O2. The highest BCUT2D eigenvalue weighted by Gasteiger charge is 2.46. The van der Waals surface area contributed by atoms with Crippen molar-refractivity contribution in [2.75, 3.05) is 0 Å². The Hall–Kier alpha value is -5.22. The molecule has 41 heavy (non-hydrogen) atoms. The minimum absolute atomic E-state index is 0.160. The van der Waals surface area contributed by atoms with Crippen molar-refractivity contribution in [3.8, 4) is 44.9 Å². The van der Waals surface area contributed by atoms with E-state index in [-0.39, 0.29) is 23.1 Å². The van der Waals surface area contributed by atoms with Crippen LogP contribution in [0.2, 0.25) is 0 Å². The first-order valence-corrected chi connectivity index (χ1v) is 13.3. The predicted octanol–water partition coefficient (Wildman–Crippen LogP) is 9.07. The number of benzene rings is 6. The second-order valence-electron chi connectivity index (χ2n) is 10.4. The van der Waals surface area contributed by atoms with Gasteiger partial charge in [-0.3, -0.25) is 0 Å². The monoisotopic (exact) mass is 538 g/mol. The summed E-state index contributed by atoms with van der Waals surface area (Å²) in [5.41, 5.74) is 8.90. The van der Waals surface area contributed by atoms with Crippen LogP contribution in [0.1, 0.15) is 22.3 Å². The number of phenols is 2. The summed E-state index contributed by atoms with van der Waals surface area (Å²) in [5.74, 6) is -0.266. The van der Waals surface area contributed by atoms with Crippen LogP contribution >= 0.6 is 0 Å². The minimum atomic E-state index is -0.807. The van der Waals surface area contributed by atoms with Gasteiger partial charge in [0.15, 0.2) is 0 Å². The number of halogens is 2. The van der Waals surface area contributed by atoms with Crippen molar-refractivity contribution in [3.05, 3.63) is 167 Å². The number of fused-ring (bicyclic) bond motifs is 3. The molecule has 0 aromatic heterocycles. The molecule has 0 heterocycles. The molecule has 4 heteroatoms. The summed E-state index contributed by atoms with van der Waals surface area (Å²) in [7, 11) is 0. The van der Waals surface area contributed by atoms with E-state index < -0.39 is 5.41 Å². The fourth-order valence-electron chi connectivity index (χ4n) is 6.18. The fraction of sp³-hybridized carbons (Fsp3) is 0.0270. The van der Waals surface area contributed by atoms with Crippen LogP contribution in [-0.4, -0.2) is 10.2 Å². The Morgan fingerprint density at radius 2 is 0.732 bits per heavy atom. The third kappa shape index (κ3) is 3.99. The van der Waals surface area contributed by atoms with Crippen LogP contribution < -0.4 is 0 Å². The zero-order valence-electron chi connectivity index (χ0n) is 21.9. The number of aromatic hydroxyl groups is 2. The van der Waals surface area contributed by atoms with Gasteiger partial charge in [-0.25, -0.2) is 8.78 Å². The topological polar surface area (TPSA) is 40.5 Å². The summed E-state index contributed by atoms with van der Waals surface area (Å²) in [6.07, 6.45) is 0. The number of phenolic OH excluding ortho intramolecular Hbond substituents is 2. The van der Waals surface area contributed by atoms with Gasteiger partial charge in [0.2, 0.25) is 0 Å². The van der Waals surface area contributed by atoms with Crippen molar-refractivity contribution in [1.29, 1.82) is 0 Å². The molecule has 6 aromatic rings. The second kappa shape index (κ2) is 9.46. The predicted molar refractivity (Wildman–Crippen MR) is 158 cm³/mol. The summed E-state index contributed by atoms with van der Waals surface area (Å²) in [6, 6.07) is 40.0. The van der Waals surface area contributed by atoms with E-state index in [2.05, 4.69) is 24.3 Å². The van der Waals surface area contributed by atoms with Crippen LogP contribution in [0.5, 0.6) is 11.5 Å². The smallest absolute Gasteiger partial charge is 0.123 e. The fourth-order valence-corrected chi connectivity index (χ4v) is 6.18. The molecule has 7 rings (SSSR count). The Morgan fingerprint density at radius 1 is 0.390 bits per heavy atom. The zero-order valence-corrected chi connectivity index (χ0v) is 21.9. The minimum Gasteiger partial charge on any atom is -0.508 e. The van der Waals surface area contributed by atoms with E-state index in [1.807, 2.05) is 36.4 Å². The Kier molecular flexibility index (Phi) is 5.72. The average Bonchev–Trinajstić information content (AvgIpc) is 3.28. The quantitative estimate of drug-likeness (QED) is 0.235. The Labute approximate surface area is 236 Å². The molecule has 0 fully saturated rings. The summed E-state index contributed by atoms with van der Waals surface area (Å²) in [6.45, 7) is 0. The maximum atomic E-state index is 13.8. The van der Waals surface area contributed by atoms with E-state index in [1.165, 1.54) is 24.3 Å². The van der Waals surface area contributed by atoms with Crippen molar-refractivity contribution < 1.29 is 19.0 Å². The summed E-state index contributed by atoms with van der Waals surface area (Å²) >= 11 is 0. The Bertz CT molecular complexity index is 1750. The second-order valence-corrected chi connectivity index (χ2v) is 10.4. The van der Waals surface area contributed by atoms with Gasteiger partial charge < -0.3 is 10.2 Å². The first-order chi connectivity index (χ1) is 19.9. The van der Waals surface area contributed by atoms with E-state index >= 15 is 0 Å². The maximum absolute atomic E-state index is 13.8. The molecule has 0 amide bonds. The molecule has 0 aliphatic heterocycles. The molecule has 1 aliphatic carbocycles. The highest BCUT2D eigenvalue weighted by molar-refractivity contribution is 5.90. The largest absolute Gasteiger partial charge is 0.508 e. The molecule has 0 saturated heterocycles. The van der Waals surface area contributed by atoms with Crippen molar-refractivity contribution in [2.45, 2.75) is 5.41 Å². The first-order valence-electron chi connectivity index (χ1n) is 13.3. The highest BCUT2D eigenvalue weighted by atomic mass is 19.1. The molecule has 0 unspecified atom stereocenters. The van der Waals surface area contributed by atoms with Crippen molar-refractivity contribution in [2.24, 2.45) is 0 Å². The summed E-state index contributed by atoms with van der Waals surface area (Å²) in [5, 5.41) is 20.4. The van der Waals surface area contributed by atoms with E-state index in [4.69, 9.17) is 0 Å². The molecule has 1 aliphatic rings. The summed E-state index contributed by atoms with van der Waals surface area (Å²) < 4.78 is 27.5. The molecular weight excluding hydrogens is 514 g/mol. The van der Waals surface area contributed by atoms with Gasteiger partial charge >= 0.3 is 0 Å². The average molecular weight is 539 g/mol. The van der Waals surface area contributed by atoms with Crippen molar-refractivity contribution in [3.63, 3.8) is 0 Å². The van der Waals surface area contributed by atoms with Gasteiger partial charge in [0.25, 0.3) is 0 Å². The molecule has 2 N–H and O–H groups in total. The Morgan fingerprint density at radius 3 is 1.10 bits per heavy atom. The lowest BCUT2D eigenvalue weighted by Crippen LogP contribution is -2.28. The van der Waals surface area contributed by atoms with E-state index in [1.54, 1.807) is 48.5 Å². The van der Waals surface area contributed by atoms with Gasteiger partial charge in [-0.2, -0.15) is 0 Å². The third-order valence-corrected chi connectivity index (χ3v) is 8.09. The van der Waals surface area contributed by atoms with Crippen LogP contribution in [0.4, 0.5) is 8.78 Å². The molecule has 198 valence electrons. The van der Waals surface area contributed by atoms with Crippen molar-refractivity contribution >= 4 is 0 Å². The molecule has 2 nitrogen and oxygen atoms in total. The van der Waals surface area contributed by atoms with Crippen LogP contribution in [0.3, 0.4) is 0 Å². The number of hydrogen-bond acceptors (Lipinski definition) is 2. The molecule has 0 radical (unpaired) electrons.